The average molecular weight is 252 g/mol. The molecule has 1 aliphatic heterocycles. The first-order valence-corrected chi connectivity index (χ1v) is 6.05. The van der Waals surface area contributed by atoms with E-state index in [1.165, 1.54) is 12.1 Å². The summed E-state index contributed by atoms with van der Waals surface area (Å²) >= 11 is 0. The van der Waals surface area contributed by atoms with E-state index in [0.29, 0.717) is 13.1 Å². The fraction of sp³-hybridized carbons (Fsp3) is 0.462. The summed E-state index contributed by atoms with van der Waals surface area (Å²) < 4.78 is 18.5. The number of rotatable bonds is 3. The number of ether oxygens (including phenoxy) is 1. The van der Waals surface area contributed by atoms with Gasteiger partial charge in [-0.25, -0.2) is 4.39 Å². The summed E-state index contributed by atoms with van der Waals surface area (Å²) in [7, 11) is 0. The topological polar surface area (TPSA) is 41.6 Å². The highest BCUT2D eigenvalue weighted by Gasteiger charge is 2.20. The molecule has 98 valence electrons. The zero-order valence-corrected chi connectivity index (χ0v) is 10.4. The highest BCUT2D eigenvalue weighted by molar-refractivity contribution is 5.78. The molecule has 1 heterocycles. The lowest BCUT2D eigenvalue weighted by molar-refractivity contribution is -0.134. The number of benzene rings is 1. The van der Waals surface area contributed by atoms with Crippen molar-refractivity contribution in [3.8, 4) is 5.75 Å². The third-order valence-electron chi connectivity index (χ3n) is 2.91. The smallest absolute Gasteiger partial charge is 0.260 e. The first kappa shape index (κ1) is 12.8. The number of hydrogen-bond donors (Lipinski definition) is 1. The summed E-state index contributed by atoms with van der Waals surface area (Å²) in [5.74, 6) is -0.431. The number of nitrogens with one attached hydrogen (secondary N) is 1. The van der Waals surface area contributed by atoms with Gasteiger partial charge in [-0.05, 0) is 19.1 Å². The molecule has 0 aliphatic carbocycles. The molecule has 1 saturated heterocycles. The van der Waals surface area contributed by atoms with Gasteiger partial charge < -0.3 is 15.0 Å². The molecule has 0 radical (unpaired) electrons. The number of carbonyl (C=O) groups is 1. The van der Waals surface area contributed by atoms with Crippen molar-refractivity contribution in [2.75, 3.05) is 26.2 Å². The molecule has 0 saturated carbocycles. The van der Waals surface area contributed by atoms with Crippen LogP contribution in [-0.2, 0) is 4.79 Å². The Hall–Kier alpha value is -1.62. The van der Waals surface area contributed by atoms with Gasteiger partial charge in [-0.15, -0.1) is 0 Å². The van der Waals surface area contributed by atoms with Gasteiger partial charge >= 0.3 is 0 Å². The molecule has 0 bridgehead atoms. The second-order valence-electron chi connectivity index (χ2n) is 4.41. The van der Waals surface area contributed by atoms with E-state index < -0.39 is 5.82 Å². The van der Waals surface area contributed by atoms with Crippen molar-refractivity contribution >= 4 is 5.91 Å². The number of amides is 1. The van der Waals surface area contributed by atoms with Crippen LogP contribution in [0.25, 0.3) is 0 Å². The first-order chi connectivity index (χ1) is 8.66. The second kappa shape index (κ2) is 5.82. The van der Waals surface area contributed by atoms with Gasteiger partial charge in [0.1, 0.15) is 0 Å². The average Bonchev–Trinajstić information content (AvgIpc) is 2.37. The van der Waals surface area contributed by atoms with Gasteiger partial charge in [0.25, 0.3) is 5.91 Å². The van der Waals surface area contributed by atoms with Crippen LogP contribution in [0.4, 0.5) is 4.39 Å². The van der Waals surface area contributed by atoms with E-state index in [2.05, 4.69) is 5.32 Å². The molecule has 4 nitrogen and oxygen atoms in total. The van der Waals surface area contributed by atoms with Crippen molar-refractivity contribution in [3.63, 3.8) is 0 Å². The van der Waals surface area contributed by atoms with Crippen LogP contribution in [-0.4, -0.2) is 43.1 Å². The fourth-order valence-corrected chi connectivity index (χ4v) is 1.95. The third kappa shape index (κ3) is 3.20. The van der Waals surface area contributed by atoms with E-state index in [1.54, 1.807) is 17.0 Å². The zero-order chi connectivity index (χ0) is 13.0. The van der Waals surface area contributed by atoms with Crippen LogP contribution < -0.4 is 10.1 Å². The van der Waals surface area contributed by atoms with Crippen LogP contribution in [0.1, 0.15) is 6.92 Å². The second-order valence-corrected chi connectivity index (χ2v) is 4.41. The van der Waals surface area contributed by atoms with E-state index >= 15 is 0 Å². The van der Waals surface area contributed by atoms with E-state index in [-0.39, 0.29) is 24.3 Å². The molecule has 5 heteroatoms. The minimum atomic E-state index is -0.445. The molecule has 1 aromatic carbocycles. The number of para-hydroxylation sites is 1. The Kier molecular flexibility index (Phi) is 4.15. The molecule has 1 aliphatic rings. The molecule has 1 amide bonds. The van der Waals surface area contributed by atoms with Crippen molar-refractivity contribution in [1.82, 2.24) is 10.2 Å². The van der Waals surface area contributed by atoms with Gasteiger partial charge in [0.2, 0.25) is 0 Å². The highest BCUT2D eigenvalue weighted by atomic mass is 19.1. The van der Waals surface area contributed by atoms with E-state index in [9.17, 15) is 9.18 Å². The quantitative estimate of drug-likeness (QED) is 0.873. The Bertz CT molecular complexity index is 425. The minimum absolute atomic E-state index is 0.105. The maximum Gasteiger partial charge on any atom is 0.260 e. The van der Waals surface area contributed by atoms with Crippen molar-refractivity contribution in [2.24, 2.45) is 0 Å². The van der Waals surface area contributed by atoms with E-state index in [4.69, 9.17) is 4.74 Å². The summed E-state index contributed by atoms with van der Waals surface area (Å²) in [5, 5.41) is 3.26. The summed E-state index contributed by atoms with van der Waals surface area (Å²) in [4.78, 5) is 13.6. The number of halogens is 1. The number of piperazine rings is 1. The monoisotopic (exact) mass is 252 g/mol. The predicted octanol–water partition coefficient (Wildman–Crippen LogP) is 1.02. The number of hydrogen-bond acceptors (Lipinski definition) is 3. The van der Waals surface area contributed by atoms with Crippen molar-refractivity contribution < 1.29 is 13.9 Å². The lowest BCUT2D eigenvalue weighted by atomic mass is 10.2. The molecule has 2 rings (SSSR count). The standard InChI is InChI=1S/C13H17FN2O2/c1-10-8-16(7-6-15-10)13(17)9-18-12-5-3-2-4-11(12)14/h2-5,10,15H,6-9H2,1H3/t10-/m1/s1. The highest BCUT2D eigenvalue weighted by Crippen LogP contribution is 2.15. The van der Waals surface area contributed by atoms with E-state index in [0.717, 1.165) is 6.54 Å². The lowest BCUT2D eigenvalue weighted by Crippen LogP contribution is -2.52. The summed E-state index contributed by atoms with van der Waals surface area (Å²) in [6, 6.07) is 6.38. The molecular formula is C13H17FN2O2. The maximum absolute atomic E-state index is 13.3. The molecule has 0 aromatic heterocycles. The summed E-state index contributed by atoms with van der Waals surface area (Å²) in [5.41, 5.74) is 0. The molecule has 1 N–H and O–H groups in total. The molecule has 1 atom stereocenters. The largest absolute Gasteiger partial charge is 0.481 e. The van der Waals surface area contributed by atoms with Gasteiger partial charge in [-0.1, -0.05) is 12.1 Å². The predicted molar refractivity (Wildman–Crippen MR) is 65.9 cm³/mol. The van der Waals surface area contributed by atoms with Crippen molar-refractivity contribution in [1.29, 1.82) is 0 Å². The van der Waals surface area contributed by atoms with Gasteiger partial charge in [0.05, 0.1) is 0 Å². The van der Waals surface area contributed by atoms with Gasteiger partial charge in [0, 0.05) is 25.7 Å². The van der Waals surface area contributed by atoms with Crippen LogP contribution in [0.3, 0.4) is 0 Å². The molecule has 1 fully saturated rings. The van der Waals surface area contributed by atoms with E-state index in [1.807, 2.05) is 6.92 Å². The zero-order valence-electron chi connectivity index (χ0n) is 10.4. The molecule has 1 aromatic rings. The van der Waals surface area contributed by atoms with Gasteiger partial charge in [-0.3, -0.25) is 4.79 Å². The Morgan fingerprint density at radius 3 is 3.06 bits per heavy atom. The molecule has 0 spiro atoms. The number of carbonyl (C=O) groups excluding carboxylic acids is 1. The normalized spacial score (nSPS) is 19.7. The van der Waals surface area contributed by atoms with Crippen LogP contribution in [0, 0.1) is 5.82 Å². The molecule has 18 heavy (non-hydrogen) atoms. The van der Waals surface area contributed by atoms with Gasteiger partial charge in [-0.2, -0.15) is 0 Å². The van der Waals surface area contributed by atoms with Crippen molar-refractivity contribution in [3.05, 3.63) is 30.1 Å². The SMILES string of the molecule is C[C@@H]1CN(C(=O)COc2ccccc2F)CCN1. The van der Waals surface area contributed by atoms with Gasteiger partial charge in [0.15, 0.2) is 18.2 Å². The number of nitrogens with zero attached hydrogens (tertiary/aromatic N) is 1. The van der Waals surface area contributed by atoms with Crippen LogP contribution >= 0.6 is 0 Å². The summed E-state index contributed by atoms with van der Waals surface area (Å²) in [6.07, 6.45) is 0. The van der Waals surface area contributed by atoms with Crippen LogP contribution in [0.15, 0.2) is 24.3 Å². The Morgan fingerprint density at radius 2 is 2.33 bits per heavy atom. The summed E-state index contributed by atoms with van der Waals surface area (Å²) in [6.45, 7) is 4.03. The lowest BCUT2D eigenvalue weighted by Gasteiger charge is -2.31. The van der Waals surface area contributed by atoms with Crippen LogP contribution in [0.5, 0.6) is 5.75 Å². The fourth-order valence-electron chi connectivity index (χ4n) is 1.95. The first-order valence-electron chi connectivity index (χ1n) is 6.05. The Morgan fingerprint density at radius 1 is 1.56 bits per heavy atom. The van der Waals surface area contributed by atoms with Crippen molar-refractivity contribution in [2.45, 2.75) is 13.0 Å². The maximum atomic E-state index is 13.3. The minimum Gasteiger partial charge on any atom is -0.481 e. The third-order valence-corrected chi connectivity index (χ3v) is 2.91. The Labute approximate surface area is 106 Å². The van der Waals surface area contributed by atoms with Crippen LogP contribution in [0.2, 0.25) is 0 Å². The molecule has 0 unspecified atom stereocenters. The Balaban J connectivity index is 1.86. The molecular weight excluding hydrogens is 235 g/mol.